The predicted molar refractivity (Wildman–Crippen MR) is 68.3 cm³/mol. The number of hydrogen-bond donors (Lipinski definition) is 0. The zero-order chi connectivity index (χ0) is 12.7. The Morgan fingerprint density at radius 2 is 2.28 bits per heavy atom. The molecule has 2 aromatic heterocycles. The van der Waals surface area contributed by atoms with Crippen molar-refractivity contribution in [3.05, 3.63) is 46.4 Å². The Kier molecular flexibility index (Phi) is 2.52. The number of carbonyl (C=O) groups is 1. The summed E-state index contributed by atoms with van der Waals surface area (Å²) in [5.74, 6) is 0.0490. The number of benzene rings is 1. The minimum absolute atomic E-state index is 0.231. The van der Waals surface area contributed by atoms with Crippen molar-refractivity contribution in [2.45, 2.75) is 0 Å². The fraction of sp³-hybridized carbons (Fsp3) is 0.0833. The van der Waals surface area contributed by atoms with E-state index in [9.17, 15) is 4.79 Å². The maximum Gasteiger partial charge on any atom is 0.247 e. The number of furan rings is 1. The second kappa shape index (κ2) is 4.06. The minimum Gasteiger partial charge on any atom is -0.451 e. The molecular formula is C12H8BrN3O2. The predicted octanol–water partition coefficient (Wildman–Crippen LogP) is 2.55. The van der Waals surface area contributed by atoms with Gasteiger partial charge in [-0.2, -0.15) is 0 Å². The average Bonchev–Trinajstić information content (AvgIpc) is 2.95. The highest BCUT2D eigenvalue weighted by atomic mass is 79.9. The van der Waals surface area contributed by atoms with Crippen molar-refractivity contribution in [3.8, 4) is 0 Å². The van der Waals surface area contributed by atoms with E-state index in [1.807, 2.05) is 18.2 Å². The van der Waals surface area contributed by atoms with Crippen molar-refractivity contribution in [2.75, 3.05) is 0 Å². The molecule has 2 heterocycles. The van der Waals surface area contributed by atoms with Crippen LogP contribution in [0, 0.1) is 0 Å². The first-order valence-corrected chi connectivity index (χ1v) is 6.03. The lowest BCUT2D eigenvalue weighted by Gasteiger charge is -1.95. The number of ketones is 1. The maximum absolute atomic E-state index is 12.2. The highest BCUT2D eigenvalue weighted by Crippen LogP contribution is 2.27. The average molecular weight is 306 g/mol. The van der Waals surface area contributed by atoms with Crippen molar-refractivity contribution in [1.82, 2.24) is 15.0 Å². The summed E-state index contributed by atoms with van der Waals surface area (Å²) in [7, 11) is 1.67. The second-order valence-corrected chi connectivity index (χ2v) is 4.70. The van der Waals surface area contributed by atoms with Gasteiger partial charge in [0.05, 0.1) is 10.7 Å². The van der Waals surface area contributed by atoms with Crippen LogP contribution in [-0.2, 0) is 7.05 Å². The molecule has 0 amide bonds. The molecule has 0 aliphatic heterocycles. The van der Waals surface area contributed by atoms with Gasteiger partial charge >= 0.3 is 0 Å². The first kappa shape index (κ1) is 11.2. The molecule has 0 bridgehead atoms. The molecule has 18 heavy (non-hydrogen) atoms. The third-order valence-electron chi connectivity index (χ3n) is 2.67. The van der Waals surface area contributed by atoms with Gasteiger partial charge in [-0.3, -0.25) is 4.79 Å². The summed E-state index contributed by atoms with van der Waals surface area (Å²) in [4.78, 5) is 12.2. The Bertz CT molecular complexity index is 745. The first-order chi connectivity index (χ1) is 8.66. The van der Waals surface area contributed by atoms with Crippen molar-refractivity contribution < 1.29 is 9.21 Å². The Hall–Kier alpha value is -1.95. The van der Waals surface area contributed by atoms with Gasteiger partial charge in [-0.25, -0.2) is 4.68 Å². The molecule has 0 saturated heterocycles. The molecule has 0 spiro atoms. The van der Waals surface area contributed by atoms with E-state index in [4.69, 9.17) is 4.42 Å². The van der Waals surface area contributed by atoms with Crippen molar-refractivity contribution >= 4 is 32.7 Å². The van der Waals surface area contributed by atoms with Crippen molar-refractivity contribution in [3.63, 3.8) is 0 Å². The second-order valence-electron chi connectivity index (χ2n) is 3.84. The zero-order valence-corrected chi connectivity index (χ0v) is 11.0. The molecule has 0 fully saturated rings. The van der Waals surface area contributed by atoms with Gasteiger partial charge in [0.2, 0.25) is 5.78 Å². The molecular weight excluding hydrogens is 298 g/mol. The van der Waals surface area contributed by atoms with Crippen LogP contribution in [0.5, 0.6) is 0 Å². The molecule has 3 aromatic rings. The van der Waals surface area contributed by atoms with Gasteiger partial charge in [0.15, 0.2) is 5.76 Å². The van der Waals surface area contributed by atoms with Crippen LogP contribution in [0.4, 0.5) is 0 Å². The molecule has 90 valence electrons. The van der Waals surface area contributed by atoms with Crippen LogP contribution < -0.4 is 0 Å². The maximum atomic E-state index is 12.2. The van der Waals surface area contributed by atoms with Gasteiger partial charge in [-0.1, -0.05) is 17.3 Å². The Balaban J connectivity index is 2.13. The van der Waals surface area contributed by atoms with E-state index in [-0.39, 0.29) is 11.5 Å². The lowest BCUT2D eigenvalue weighted by molar-refractivity contribution is 0.100. The minimum atomic E-state index is -0.231. The summed E-state index contributed by atoms with van der Waals surface area (Å²) in [5, 5.41) is 8.29. The molecule has 0 aliphatic rings. The lowest BCUT2D eigenvalue weighted by atomic mass is 10.2. The van der Waals surface area contributed by atoms with Crippen LogP contribution in [-0.4, -0.2) is 20.8 Å². The SMILES string of the molecule is Cn1nncc1C(=O)c1cc2cccc(Br)c2o1. The number of halogens is 1. The summed E-state index contributed by atoms with van der Waals surface area (Å²) in [5.41, 5.74) is 1.06. The topological polar surface area (TPSA) is 60.9 Å². The van der Waals surface area contributed by atoms with Crippen LogP contribution in [0.2, 0.25) is 0 Å². The monoisotopic (exact) mass is 305 g/mol. The Morgan fingerprint density at radius 3 is 2.94 bits per heavy atom. The van der Waals surface area contributed by atoms with E-state index in [1.54, 1.807) is 13.1 Å². The summed E-state index contributed by atoms with van der Waals surface area (Å²) < 4.78 is 7.82. The number of aryl methyl sites for hydroxylation is 1. The number of nitrogens with zero attached hydrogens (tertiary/aromatic N) is 3. The molecule has 5 nitrogen and oxygen atoms in total. The van der Waals surface area contributed by atoms with Gasteiger partial charge in [0.25, 0.3) is 0 Å². The number of rotatable bonds is 2. The summed E-state index contributed by atoms with van der Waals surface area (Å²) in [6, 6.07) is 7.37. The highest BCUT2D eigenvalue weighted by molar-refractivity contribution is 9.10. The van der Waals surface area contributed by atoms with E-state index in [0.717, 1.165) is 9.86 Å². The number of carbonyl (C=O) groups excluding carboxylic acids is 1. The van der Waals surface area contributed by atoms with E-state index in [1.165, 1.54) is 10.9 Å². The summed E-state index contributed by atoms with van der Waals surface area (Å²) in [6.07, 6.45) is 1.42. The molecule has 0 radical (unpaired) electrons. The third kappa shape index (κ3) is 1.65. The molecule has 1 aromatic carbocycles. The molecule has 6 heteroatoms. The van der Waals surface area contributed by atoms with Crippen LogP contribution >= 0.6 is 15.9 Å². The van der Waals surface area contributed by atoms with Gasteiger partial charge in [0, 0.05) is 12.4 Å². The van der Waals surface area contributed by atoms with Crippen LogP contribution in [0.1, 0.15) is 16.2 Å². The highest BCUT2D eigenvalue weighted by Gasteiger charge is 2.18. The summed E-state index contributed by atoms with van der Waals surface area (Å²) in [6.45, 7) is 0. The lowest BCUT2D eigenvalue weighted by Crippen LogP contribution is -2.07. The van der Waals surface area contributed by atoms with Crippen LogP contribution in [0.15, 0.2) is 39.4 Å². The number of hydrogen-bond acceptors (Lipinski definition) is 4. The molecule has 0 aliphatic carbocycles. The van der Waals surface area contributed by atoms with Gasteiger partial charge in [0.1, 0.15) is 11.3 Å². The van der Waals surface area contributed by atoms with Gasteiger partial charge in [-0.15, -0.1) is 5.10 Å². The van der Waals surface area contributed by atoms with Crippen molar-refractivity contribution in [1.29, 1.82) is 0 Å². The number of fused-ring (bicyclic) bond motifs is 1. The van der Waals surface area contributed by atoms with Crippen molar-refractivity contribution in [2.24, 2.45) is 7.05 Å². The molecule has 3 rings (SSSR count). The number of aromatic nitrogens is 3. The Labute approximate surface area is 111 Å². The van der Waals surface area contributed by atoms with Gasteiger partial charge in [-0.05, 0) is 28.1 Å². The summed E-state index contributed by atoms with van der Waals surface area (Å²) >= 11 is 3.39. The van der Waals surface area contributed by atoms with E-state index in [2.05, 4.69) is 26.2 Å². The molecule has 0 N–H and O–H groups in total. The van der Waals surface area contributed by atoms with Crippen LogP contribution in [0.25, 0.3) is 11.0 Å². The molecule has 0 unspecified atom stereocenters. The van der Waals surface area contributed by atoms with Gasteiger partial charge < -0.3 is 4.42 Å². The standard InChI is InChI=1S/C12H8BrN3O2/c1-16-9(6-14-15-16)11(17)10-5-7-3-2-4-8(13)12(7)18-10/h2-6H,1H3. The van der Waals surface area contributed by atoms with E-state index >= 15 is 0 Å². The van der Waals surface area contributed by atoms with Crippen LogP contribution in [0.3, 0.4) is 0 Å². The zero-order valence-electron chi connectivity index (χ0n) is 9.42. The van der Waals surface area contributed by atoms with E-state index in [0.29, 0.717) is 11.3 Å². The van der Waals surface area contributed by atoms with E-state index < -0.39 is 0 Å². The Morgan fingerprint density at radius 1 is 1.44 bits per heavy atom. The molecule has 0 atom stereocenters. The first-order valence-electron chi connectivity index (χ1n) is 5.24. The third-order valence-corrected chi connectivity index (χ3v) is 3.29. The quantitative estimate of drug-likeness (QED) is 0.683. The fourth-order valence-corrected chi connectivity index (χ4v) is 2.22. The molecule has 0 saturated carbocycles. The largest absolute Gasteiger partial charge is 0.451 e. The smallest absolute Gasteiger partial charge is 0.247 e. The fourth-order valence-electron chi connectivity index (χ4n) is 1.76. The number of para-hydroxylation sites is 1. The normalized spacial score (nSPS) is 11.0.